The first-order valence-corrected chi connectivity index (χ1v) is 14.9. The lowest BCUT2D eigenvalue weighted by Crippen LogP contribution is -2.17. The van der Waals surface area contributed by atoms with Crippen LogP contribution in [-0.2, 0) is 9.59 Å². The van der Waals surface area contributed by atoms with E-state index in [1.807, 2.05) is 18.3 Å². The van der Waals surface area contributed by atoms with Gasteiger partial charge in [0.05, 0.1) is 30.3 Å². The second kappa shape index (κ2) is 21.4. The van der Waals surface area contributed by atoms with Crippen LogP contribution in [0.2, 0.25) is 0 Å². The highest BCUT2D eigenvalue weighted by Crippen LogP contribution is 2.41. The lowest BCUT2D eigenvalue weighted by atomic mass is 10.1. The summed E-state index contributed by atoms with van der Waals surface area (Å²) in [6.45, 7) is 7.97. The Morgan fingerprint density at radius 3 is 2.12 bits per heavy atom. The minimum absolute atomic E-state index is 0.308. The van der Waals surface area contributed by atoms with Gasteiger partial charge in [-0.3, -0.25) is 4.98 Å². The van der Waals surface area contributed by atoms with E-state index in [0.29, 0.717) is 31.3 Å². The van der Waals surface area contributed by atoms with Gasteiger partial charge in [0.15, 0.2) is 11.5 Å². The van der Waals surface area contributed by atoms with Crippen molar-refractivity contribution in [3.05, 3.63) is 36.0 Å². The molecule has 2 rings (SSSR count). The number of carbonyl (C=O) groups is 2. The van der Waals surface area contributed by atoms with E-state index in [1.165, 1.54) is 57.8 Å². The van der Waals surface area contributed by atoms with E-state index in [9.17, 15) is 9.59 Å². The summed E-state index contributed by atoms with van der Waals surface area (Å²) in [4.78, 5) is 23.8. The molecule has 230 valence electrons. The van der Waals surface area contributed by atoms with Crippen LogP contribution in [-0.4, -0.2) is 53.4 Å². The van der Waals surface area contributed by atoms with Gasteiger partial charge in [0.1, 0.15) is 0 Å². The first-order valence-electron chi connectivity index (χ1n) is 14.9. The van der Waals surface area contributed by atoms with E-state index in [-0.39, 0.29) is 0 Å². The second-order valence-corrected chi connectivity index (χ2v) is 10.3. The highest BCUT2D eigenvalue weighted by molar-refractivity contribution is 5.99. The zero-order chi connectivity index (χ0) is 30.5. The molecule has 0 aliphatic heterocycles. The van der Waals surface area contributed by atoms with E-state index in [0.717, 1.165) is 52.9 Å². The van der Waals surface area contributed by atoms with Gasteiger partial charge in [0, 0.05) is 30.5 Å². The van der Waals surface area contributed by atoms with Crippen LogP contribution >= 0.6 is 0 Å². The Morgan fingerprint density at radius 1 is 1.00 bits per heavy atom. The number of hydrogen-bond acceptors (Lipinski definition) is 7. The standard InChI is InChI=1S/C28H47N3O2.C4H4O4/c1-5-6-7-8-9-10-11-12-13-14-20-33-28-25(32-4)21-24(31-23(3)16-15-18-29)27-26(28)22(2)17-19-30-27;5-3(6)1-2-4(7)8/h17,19,21,23,31H,5-16,18,20,29H2,1-4H3;1-2H,(H,5,6)(H,7,8)/b;2-1+. The number of ether oxygens (including phenoxy) is 2. The minimum atomic E-state index is -1.26. The number of anilines is 1. The normalized spacial score (nSPS) is 11.6. The predicted octanol–water partition coefficient (Wildman–Crippen LogP) is 7.10. The number of carboxylic acid groups (broad SMARTS) is 2. The van der Waals surface area contributed by atoms with Crippen LogP contribution in [0, 0.1) is 6.92 Å². The van der Waals surface area contributed by atoms with Crippen molar-refractivity contribution in [2.45, 2.75) is 104 Å². The number of pyridine rings is 1. The molecule has 9 heteroatoms. The number of benzene rings is 1. The molecule has 0 aliphatic carbocycles. The van der Waals surface area contributed by atoms with Crippen LogP contribution in [0.3, 0.4) is 0 Å². The highest BCUT2D eigenvalue weighted by atomic mass is 16.5. The van der Waals surface area contributed by atoms with Crippen molar-refractivity contribution in [2.75, 3.05) is 25.6 Å². The number of aromatic nitrogens is 1. The Morgan fingerprint density at radius 2 is 1.59 bits per heavy atom. The second-order valence-electron chi connectivity index (χ2n) is 10.3. The fourth-order valence-electron chi connectivity index (χ4n) is 4.51. The van der Waals surface area contributed by atoms with Gasteiger partial charge in [-0.05, 0) is 51.3 Å². The molecule has 1 aromatic carbocycles. The number of nitrogens with zero attached hydrogens (tertiary/aromatic N) is 1. The molecule has 5 N–H and O–H groups in total. The average Bonchev–Trinajstić information content (AvgIpc) is 2.94. The van der Waals surface area contributed by atoms with Gasteiger partial charge in [-0.25, -0.2) is 9.59 Å². The van der Waals surface area contributed by atoms with Crippen molar-refractivity contribution >= 4 is 28.5 Å². The number of methoxy groups -OCH3 is 1. The number of hydrogen-bond donors (Lipinski definition) is 4. The number of aryl methyl sites for hydroxylation is 1. The first kappa shape index (κ1) is 35.7. The summed E-state index contributed by atoms with van der Waals surface area (Å²) in [5.41, 5.74) is 8.76. The Bertz CT molecular complexity index is 1060. The smallest absolute Gasteiger partial charge is 0.328 e. The third kappa shape index (κ3) is 14.7. The Hall–Kier alpha value is -3.33. The summed E-state index contributed by atoms with van der Waals surface area (Å²) in [6.07, 6.45) is 18.2. The molecule has 0 radical (unpaired) electrons. The monoisotopic (exact) mass is 573 g/mol. The van der Waals surface area contributed by atoms with Crippen LogP contribution in [0.5, 0.6) is 11.5 Å². The quantitative estimate of drug-likeness (QED) is 0.0962. The zero-order valence-corrected chi connectivity index (χ0v) is 25.4. The Balaban J connectivity index is 0.000000915. The molecule has 0 bridgehead atoms. The molecular formula is C32H51N3O6. The fourth-order valence-corrected chi connectivity index (χ4v) is 4.51. The van der Waals surface area contributed by atoms with Crippen molar-refractivity contribution in [2.24, 2.45) is 5.73 Å². The summed E-state index contributed by atoms with van der Waals surface area (Å²) in [5.74, 6) is -0.937. The summed E-state index contributed by atoms with van der Waals surface area (Å²) in [5, 5.41) is 20.3. The molecule has 0 amide bonds. The topological polar surface area (TPSA) is 144 Å². The Kier molecular flexibility index (Phi) is 18.7. The third-order valence-corrected chi connectivity index (χ3v) is 6.72. The van der Waals surface area contributed by atoms with Crippen molar-refractivity contribution in [3.63, 3.8) is 0 Å². The number of carboxylic acids is 2. The van der Waals surface area contributed by atoms with Crippen molar-refractivity contribution in [3.8, 4) is 11.5 Å². The van der Waals surface area contributed by atoms with E-state index in [4.69, 9.17) is 30.4 Å². The number of fused-ring (bicyclic) bond motifs is 1. The third-order valence-electron chi connectivity index (χ3n) is 6.72. The Labute approximate surface area is 245 Å². The molecule has 1 heterocycles. The maximum Gasteiger partial charge on any atom is 0.328 e. The van der Waals surface area contributed by atoms with Crippen LogP contribution in [0.1, 0.15) is 96.5 Å². The summed E-state index contributed by atoms with van der Waals surface area (Å²) < 4.78 is 12.1. The van der Waals surface area contributed by atoms with Crippen LogP contribution in [0.25, 0.3) is 10.9 Å². The van der Waals surface area contributed by atoms with Gasteiger partial charge in [-0.2, -0.15) is 0 Å². The van der Waals surface area contributed by atoms with Crippen molar-refractivity contribution < 1.29 is 29.3 Å². The molecule has 0 saturated heterocycles. The van der Waals surface area contributed by atoms with Crippen LogP contribution < -0.4 is 20.5 Å². The molecule has 2 aromatic rings. The lowest BCUT2D eigenvalue weighted by molar-refractivity contribution is -0.134. The molecule has 1 aromatic heterocycles. The molecule has 1 atom stereocenters. The lowest BCUT2D eigenvalue weighted by Gasteiger charge is -2.20. The minimum Gasteiger partial charge on any atom is -0.493 e. The van der Waals surface area contributed by atoms with Crippen molar-refractivity contribution in [1.29, 1.82) is 0 Å². The number of unbranched alkanes of at least 4 members (excludes halogenated alkanes) is 9. The largest absolute Gasteiger partial charge is 0.493 e. The zero-order valence-electron chi connectivity index (χ0n) is 25.4. The highest BCUT2D eigenvalue weighted by Gasteiger charge is 2.18. The van der Waals surface area contributed by atoms with E-state index in [2.05, 4.69) is 26.1 Å². The van der Waals surface area contributed by atoms with Gasteiger partial charge in [0.25, 0.3) is 0 Å². The molecule has 41 heavy (non-hydrogen) atoms. The van der Waals surface area contributed by atoms with Gasteiger partial charge in [0.2, 0.25) is 0 Å². The first-order chi connectivity index (χ1) is 19.7. The van der Waals surface area contributed by atoms with Crippen LogP contribution in [0.4, 0.5) is 5.69 Å². The van der Waals surface area contributed by atoms with Gasteiger partial charge in [-0.1, -0.05) is 64.7 Å². The van der Waals surface area contributed by atoms with E-state index in [1.54, 1.807) is 7.11 Å². The van der Waals surface area contributed by atoms with E-state index < -0.39 is 11.9 Å². The summed E-state index contributed by atoms with van der Waals surface area (Å²) in [7, 11) is 1.71. The molecule has 0 spiro atoms. The number of nitrogens with two attached hydrogens (primary N) is 1. The summed E-state index contributed by atoms with van der Waals surface area (Å²) in [6, 6.07) is 4.38. The fraction of sp³-hybridized carbons (Fsp3) is 0.594. The average molecular weight is 574 g/mol. The number of aliphatic carboxylic acids is 2. The van der Waals surface area contributed by atoms with Gasteiger partial charge >= 0.3 is 11.9 Å². The maximum absolute atomic E-state index is 9.55. The molecular weight excluding hydrogens is 522 g/mol. The van der Waals surface area contributed by atoms with Gasteiger partial charge < -0.3 is 30.7 Å². The molecule has 0 fully saturated rings. The number of nitrogens with one attached hydrogen (secondary N) is 1. The maximum atomic E-state index is 9.55. The number of rotatable bonds is 20. The van der Waals surface area contributed by atoms with Gasteiger partial charge in [-0.15, -0.1) is 0 Å². The van der Waals surface area contributed by atoms with Crippen molar-refractivity contribution in [1.82, 2.24) is 4.98 Å². The predicted molar refractivity (Wildman–Crippen MR) is 166 cm³/mol. The molecule has 1 unspecified atom stereocenters. The van der Waals surface area contributed by atoms with Crippen LogP contribution in [0.15, 0.2) is 30.5 Å². The summed E-state index contributed by atoms with van der Waals surface area (Å²) >= 11 is 0. The molecule has 9 nitrogen and oxygen atoms in total. The molecule has 0 aliphatic rings. The SMILES string of the molecule is CCCCCCCCCCCCOc1c(OC)cc(NC(C)CCCN)c2nccc(C)c12.O=C(O)/C=C/C(=O)O. The van der Waals surface area contributed by atoms with E-state index >= 15 is 0 Å². The molecule has 0 saturated carbocycles.